The SMILES string of the molecule is Cc1occc1CN(C)Cc1ccc(CNC2CC2)s1. The molecule has 108 valence electrons. The molecule has 2 aromatic rings. The lowest BCUT2D eigenvalue weighted by atomic mass is 10.2. The Kier molecular flexibility index (Phi) is 4.24. The van der Waals surface area contributed by atoms with Crippen molar-refractivity contribution in [2.45, 2.75) is 45.4 Å². The number of nitrogens with one attached hydrogen (secondary N) is 1. The first kappa shape index (κ1) is 13.9. The van der Waals surface area contributed by atoms with Gasteiger partial charge in [-0.05, 0) is 45.0 Å². The van der Waals surface area contributed by atoms with Crippen LogP contribution in [-0.2, 0) is 19.6 Å². The predicted octanol–water partition coefficient (Wildman–Crippen LogP) is 3.53. The Morgan fingerprint density at radius 1 is 1.25 bits per heavy atom. The van der Waals surface area contributed by atoms with Gasteiger partial charge in [0.1, 0.15) is 5.76 Å². The fourth-order valence-electron chi connectivity index (χ4n) is 2.32. The van der Waals surface area contributed by atoms with E-state index in [9.17, 15) is 0 Å². The third-order valence-corrected chi connectivity index (χ3v) is 4.76. The van der Waals surface area contributed by atoms with E-state index in [2.05, 4.69) is 35.5 Å². The molecule has 0 atom stereocenters. The zero-order valence-corrected chi connectivity index (χ0v) is 13.0. The average molecular weight is 290 g/mol. The Hall–Kier alpha value is -1.10. The summed E-state index contributed by atoms with van der Waals surface area (Å²) >= 11 is 1.92. The van der Waals surface area contributed by atoms with Crippen molar-refractivity contribution in [3.05, 3.63) is 45.5 Å². The quantitative estimate of drug-likeness (QED) is 0.845. The fourth-order valence-corrected chi connectivity index (χ4v) is 3.37. The van der Waals surface area contributed by atoms with Crippen LogP contribution in [0.2, 0.25) is 0 Å². The van der Waals surface area contributed by atoms with Gasteiger partial charge in [0.25, 0.3) is 0 Å². The normalized spacial score (nSPS) is 15.2. The lowest BCUT2D eigenvalue weighted by Gasteiger charge is -2.14. The molecule has 0 unspecified atom stereocenters. The van der Waals surface area contributed by atoms with Gasteiger partial charge in [-0.15, -0.1) is 11.3 Å². The molecule has 3 nitrogen and oxygen atoms in total. The van der Waals surface area contributed by atoms with E-state index >= 15 is 0 Å². The number of hydrogen-bond acceptors (Lipinski definition) is 4. The van der Waals surface area contributed by atoms with Gasteiger partial charge < -0.3 is 9.73 Å². The summed E-state index contributed by atoms with van der Waals surface area (Å²) in [5.41, 5.74) is 1.28. The standard InChI is InChI=1S/C16H22N2OS/c1-12-13(7-8-19-12)10-18(2)11-16-6-5-15(20-16)9-17-14-3-4-14/h5-8,14,17H,3-4,9-11H2,1-2H3. The van der Waals surface area contributed by atoms with Crippen LogP contribution in [-0.4, -0.2) is 18.0 Å². The lowest BCUT2D eigenvalue weighted by Crippen LogP contribution is -2.16. The third-order valence-electron chi connectivity index (χ3n) is 3.69. The molecule has 1 N–H and O–H groups in total. The van der Waals surface area contributed by atoms with Crippen LogP contribution in [0.4, 0.5) is 0 Å². The number of thiophene rings is 1. The third kappa shape index (κ3) is 3.72. The Labute approximate surface area is 124 Å². The zero-order valence-electron chi connectivity index (χ0n) is 12.2. The summed E-state index contributed by atoms with van der Waals surface area (Å²) in [6, 6.07) is 7.36. The molecule has 1 fully saturated rings. The molecule has 1 saturated carbocycles. The van der Waals surface area contributed by atoms with Gasteiger partial charge in [-0.25, -0.2) is 0 Å². The van der Waals surface area contributed by atoms with Crippen LogP contribution in [0.1, 0.15) is 33.9 Å². The molecular weight excluding hydrogens is 268 g/mol. The van der Waals surface area contributed by atoms with Crippen molar-refractivity contribution in [2.75, 3.05) is 7.05 Å². The topological polar surface area (TPSA) is 28.4 Å². The maximum atomic E-state index is 5.35. The summed E-state index contributed by atoms with van der Waals surface area (Å²) in [5, 5.41) is 3.57. The summed E-state index contributed by atoms with van der Waals surface area (Å²) in [6.45, 7) is 4.99. The Morgan fingerprint density at radius 3 is 2.75 bits per heavy atom. The molecule has 0 radical (unpaired) electrons. The van der Waals surface area contributed by atoms with E-state index in [1.807, 2.05) is 18.3 Å². The highest BCUT2D eigenvalue weighted by atomic mass is 32.1. The Bertz CT molecular complexity index is 556. The van der Waals surface area contributed by atoms with Crippen molar-refractivity contribution in [3.8, 4) is 0 Å². The largest absolute Gasteiger partial charge is 0.469 e. The highest BCUT2D eigenvalue weighted by Crippen LogP contribution is 2.23. The second kappa shape index (κ2) is 6.12. The second-order valence-electron chi connectivity index (χ2n) is 5.70. The summed E-state index contributed by atoms with van der Waals surface area (Å²) in [4.78, 5) is 5.21. The van der Waals surface area contributed by atoms with Crippen molar-refractivity contribution < 1.29 is 4.42 Å². The number of furan rings is 1. The van der Waals surface area contributed by atoms with Gasteiger partial charge in [0.2, 0.25) is 0 Å². The average Bonchev–Trinajstić information content (AvgIpc) is 3.02. The van der Waals surface area contributed by atoms with Crippen LogP contribution in [0.25, 0.3) is 0 Å². The number of hydrogen-bond donors (Lipinski definition) is 1. The summed E-state index contributed by atoms with van der Waals surface area (Å²) in [6.07, 6.45) is 4.47. The van der Waals surface area contributed by atoms with E-state index in [0.717, 1.165) is 31.4 Å². The number of rotatable bonds is 7. The first-order valence-corrected chi connectivity index (χ1v) is 8.05. The molecule has 1 aliphatic rings. The van der Waals surface area contributed by atoms with Crippen LogP contribution in [0.15, 0.2) is 28.9 Å². The minimum absolute atomic E-state index is 0.785. The van der Waals surface area contributed by atoms with Crippen LogP contribution in [0, 0.1) is 6.92 Å². The van der Waals surface area contributed by atoms with Crippen molar-refractivity contribution in [3.63, 3.8) is 0 Å². The summed E-state index contributed by atoms with van der Waals surface area (Å²) in [7, 11) is 2.16. The fraction of sp³-hybridized carbons (Fsp3) is 0.500. The zero-order chi connectivity index (χ0) is 13.9. The molecule has 20 heavy (non-hydrogen) atoms. The van der Waals surface area contributed by atoms with Gasteiger partial charge in [-0.3, -0.25) is 4.90 Å². The molecule has 0 spiro atoms. The van der Waals surface area contributed by atoms with Crippen molar-refractivity contribution in [1.82, 2.24) is 10.2 Å². The van der Waals surface area contributed by atoms with Gasteiger partial charge in [0.15, 0.2) is 0 Å². The van der Waals surface area contributed by atoms with E-state index in [1.165, 1.54) is 28.2 Å². The van der Waals surface area contributed by atoms with Crippen molar-refractivity contribution in [2.24, 2.45) is 0 Å². The highest BCUT2D eigenvalue weighted by molar-refractivity contribution is 7.11. The van der Waals surface area contributed by atoms with E-state index < -0.39 is 0 Å². The first-order chi connectivity index (χ1) is 9.70. The number of aryl methyl sites for hydroxylation is 1. The van der Waals surface area contributed by atoms with Gasteiger partial charge in [0.05, 0.1) is 6.26 Å². The molecule has 2 heterocycles. The van der Waals surface area contributed by atoms with Crippen molar-refractivity contribution >= 4 is 11.3 Å². The minimum Gasteiger partial charge on any atom is -0.469 e. The van der Waals surface area contributed by atoms with Gasteiger partial charge >= 0.3 is 0 Å². The monoisotopic (exact) mass is 290 g/mol. The maximum absolute atomic E-state index is 5.35. The van der Waals surface area contributed by atoms with E-state index in [1.54, 1.807) is 6.26 Å². The van der Waals surface area contributed by atoms with Crippen molar-refractivity contribution in [1.29, 1.82) is 0 Å². The van der Waals surface area contributed by atoms with E-state index in [-0.39, 0.29) is 0 Å². The molecule has 0 amide bonds. The highest BCUT2D eigenvalue weighted by Gasteiger charge is 2.20. The second-order valence-corrected chi connectivity index (χ2v) is 6.95. The van der Waals surface area contributed by atoms with Crippen LogP contribution >= 0.6 is 11.3 Å². The first-order valence-electron chi connectivity index (χ1n) is 7.23. The molecule has 2 aromatic heterocycles. The Balaban J connectivity index is 1.50. The Morgan fingerprint density at radius 2 is 2.05 bits per heavy atom. The van der Waals surface area contributed by atoms with E-state index in [0.29, 0.717) is 0 Å². The van der Waals surface area contributed by atoms with E-state index in [4.69, 9.17) is 4.42 Å². The molecular formula is C16H22N2OS. The lowest BCUT2D eigenvalue weighted by molar-refractivity contribution is 0.319. The van der Waals surface area contributed by atoms with Crippen LogP contribution in [0.3, 0.4) is 0 Å². The maximum Gasteiger partial charge on any atom is 0.105 e. The summed E-state index contributed by atoms with van der Waals surface area (Å²) in [5.74, 6) is 1.03. The molecule has 0 aliphatic heterocycles. The summed E-state index contributed by atoms with van der Waals surface area (Å²) < 4.78 is 5.35. The van der Waals surface area contributed by atoms with Gasteiger partial charge in [0, 0.05) is 41.0 Å². The molecule has 0 saturated heterocycles. The molecule has 0 aromatic carbocycles. The smallest absolute Gasteiger partial charge is 0.105 e. The van der Waals surface area contributed by atoms with Gasteiger partial charge in [-0.2, -0.15) is 0 Å². The molecule has 1 aliphatic carbocycles. The van der Waals surface area contributed by atoms with Crippen LogP contribution in [0.5, 0.6) is 0 Å². The van der Waals surface area contributed by atoms with Crippen LogP contribution < -0.4 is 5.32 Å². The molecule has 3 rings (SSSR count). The van der Waals surface area contributed by atoms with Gasteiger partial charge in [-0.1, -0.05) is 0 Å². The molecule has 0 bridgehead atoms. The molecule has 4 heteroatoms. The minimum atomic E-state index is 0.785. The number of nitrogens with zero attached hydrogens (tertiary/aromatic N) is 1. The predicted molar refractivity (Wildman–Crippen MR) is 82.8 cm³/mol.